The average molecular weight is 445 g/mol. The molecule has 1 aliphatic rings. The van der Waals surface area contributed by atoms with E-state index in [4.69, 9.17) is 4.74 Å². The Balaban J connectivity index is 1.58. The van der Waals surface area contributed by atoms with Gasteiger partial charge in [0.1, 0.15) is 23.3 Å². The molecule has 170 valence electrons. The van der Waals surface area contributed by atoms with Crippen LogP contribution in [-0.4, -0.2) is 45.1 Å². The van der Waals surface area contributed by atoms with Crippen molar-refractivity contribution >= 4 is 27.8 Å². The molecule has 2 aromatic carbocycles. The van der Waals surface area contributed by atoms with E-state index in [2.05, 4.69) is 4.98 Å². The van der Waals surface area contributed by atoms with E-state index in [1.165, 1.54) is 0 Å². The van der Waals surface area contributed by atoms with Gasteiger partial charge in [0.05, 0.1) is 25.5 Å². The average Bonchev–Trinajstić information content (AvgIpc) is 2.98. The van der Waals surface area contributed by atoms with Gasteiger partial charge in [-0.15, -0.1) is 0 Å². The summed E-state index contributed by atoms with van der Waals surface area (Å²) >= 11 is 0. The second-order valence-electron chi connectivity index (χ2n) is 8.62. The molecule has 0 spiro atoms. The fourth-order valence-corrected chi connectivity index (χ4v) is 4.75. The summed E-state index contributed by atoms with van der Waals surface area (Å²) in [6, 6.07) is 15.4. The van der Waals surface area contributed by atoms with Gasteiger partial charge in [0.15, 0.2) is 0 Å². The number of benzene rings is 2. The normalized spacial score (nSPS) is 14.5. The Morgan fingerprint density at radius 2 is 1.82 bits per heavy atom. The van der Waals surface area contributed by atoms with Crippen LogP contribution in [0.4, 0.5) is 0 Å². The molecule has 0 N–H and O–H groups in total. The van der Waals surface area contributed by atoms with Crippen molar-refractivity contribution in [3.8, 4) is 5.75 Å². The lowest BCUT2D eigenvalue weighted by molar-refractivity contribution is -0.131. The Bertz CT molecular complexity index is 1360. The van der Waals surface area contributed by atoms with Crippen molar-refractivity contribution in [1.29, 1.82) is 0 Å². The molecule has 1 fully saturated rings. The molecular weight excluding hydrogens is 416 g/mol. The van der Waals surface area contributed by atoms with Gasteiger partial charge in [0.25, 0.3) is 5.56 Å². The van der Waals surface area contributed by atoms with E-state index < -0.39 is 0 Å². The van der Waals surface area contributed by atoms with Crippen LogP contribution in [0.15, 0.2) is 59.7 Å². The van der Waals surface area contributed by atoms with Crippen molar-refractivity contribution in [2.45, 2.75) is 38.8 Å². The first-order valence-electron chi connectivity index (χ1n) is 11.5. The molecule has 1 amide bonds. The molecule has 0 unspecified atom stereocenters. The fourth-order valence-electron chi connectivity index (χ4n) is 4.75. The summed E-state index contributed by atoms with van der Waals surface area (Å²) in [5, 5.41) is 0.891. The van der Waals surface area contributed by atoms with Gasteiger partial charge in [0, 0.05) is 18.5 Å². The Morgan fingerprint density at radius 1 is 1.03 bits per heavy atom. The summed E-state index contributed by atoms with van der Waals surface area (Å²) < 4.78 is 8.77. The molecule has 3 heterocycles. The van der Waals surface area contributed by atoms with Crippen molar-refractivity contribution in [3.05, 3.63) is 70.8 Å². The quantitative estimate of drug-likeness (QED) is 0.469. The minimum absolute atomic E-state index is 0.0575. The van der Waals surface area contributed by atoms with Crippen molar-refractivity contribution in [1.82, 2.24) is 19.0 Å². The van der Waals surface area contributed by atoms with Crippen LogP contribution in [0.3, 0.4) is 0 Å². The van der Waals surface area contributed by atoms with E-state index in [0.29, 0.717) is 17.6 Å². The highest BCUT2D eigenvalue weighted by Gasteiger charge is 2.21. The Morgan fingerprint density at radius 3 is 2.61 bits per heavy atom. The van der Waals surface area contributed by atoms with Gasteiger partial charge in [-0.2, -0.15) is 0 Å². The van der Waals surface area contributed by atoms with E-state index >= 15 is 0 Å². The lowest BCUT2D eigenvalue weighted by atomic mass is 10.2. The van der Waals surface area contributed by atoms with Gasteiger partial charge in [-0.1, -0.05) is 43.2 Å². The second-order valence-corrected chi connectivity index (χ2v) is 8.62. The van der Waals surface area contributed by atoms with E-state index in [0.717, 1.165) is 61.0 Å². The summed E-state index contributed by atoms with van der Waals surface area (Å²) in [5.74, 6) is 0.800. The minimum Gasteiger partial charge on any atom is -0.497 e. The van der Waals surface area contributed by atoms with Crippen LogP contribution in [0.5, 0.6) is 5.75 Å². The summed E-state index contributed by atoms with van der Waals surface area (Å²) in [6.07, 6.45) is 6.00. The highest BCUT2D eigenvalue weighted by Crippen LogP contribution is 2.26. The van der Waals surface area contributed by atoms with Gasteiger partial charge >= 0.3 is 0 Å². The smallest absolute Gasteiger partial charge is 0.278 e. The SMILES string of the molecule is COc1cccc(Cn2cnc3c4ccccc4n(CC(=O)N4CCCCCC4)c3c2=O)c1. The molecule has 5 rings (SSSR count). The van der Waals surface area contributed by atoms with Gasteiger partial charge < -0.3 is 14.2 Å². The van der Waals surface area contributed by atoms with E-state index in [1.54, 1.807) is 18.0 Å². The predicted molar refractivity (Wildman–Crippen MR) is 129 cm³/mol. The van der Waals surface area contributed by atoms with Crippen LogP contribution in [0.2, 0.25) is 0 Å². The van der Waals surface area contributed by atoms with Crippen LogP contribution in [0.1, 0.15) is 31.2 Å². The maximum Gasteiger partial charge on any atom is 0.278 e. The first-order valence-corrected chi connectivity index (χ1v) is 11.5. The van der Waals surface area contributed by atoms with Crippen molar-refractivity contribution in [2.24, 2.45) is 0 Å². The van der Waals surface area contributed by atoms with Gasteiger partial charge in [-0.3, -0.25) is 14.2 Å². The molecule has 2 aromatic heterocycles. The number of fused-ring (bicyclic) bond motifs is 3. The molecule has 7 nitrogen and oxygen atoms in total. The number of hydrogen-bond donors (Lipinski definition) is 0. The van der Waals surface area contributed by atoms with Gasteiger partial charge in [0.2, 0.25) is 5.91 Å². The third kappa shape index (κ3) is 4.11. The summed E-state index contributed by atoms with van der Waals surface area (Å²) in [6.45, 7) is 2.09. The van der Waals surface area contributed by atoms with Gasteiger partial charge in [-0.25, -0.2) is 4.98 Å². The molecule has 1 saturated heterocycles. The number of likely N-dealkylation sites (tertiary alicyclic amines) is 1. The number of rotatable bonds is 5. The van der Waals surface area contributed by atoms with Crippen molar-refractivity contribution < 1.29 is 9.53 Å². The first-order chi connectivity index (χ1) is 16.2. The summed E-state index contributed by atoms with van der Waals surface area (Å²) in [5.41, 5.74) is 2.77. The molecule has 0 atom stereocenters. The molecule has 0 radical (unpaired) electrons. The minimum atomic E-state index is -0.150. The number of methoxy groups -OCH3 is 1. The summed E-state index contributed by atoms with van der Waals surface area (Å²) in [7, 11) is 1.62. The number of ether oxygens (including phenoxy) is 1. The molecule has 33 heavy (non-hydrogen) atoms. The number of carbonyl (C=O) groups excluding carboxylic acids is 1. The Hall–Kier alpha value is -3.61. The zero-order chi connectivity index (χ0) is 22.8. The summed E-state index contributed by atoms with van der Waals surface area (Å²) in [4.78, 5) is 33.5. The zero-order valence-electron chi connectivity index (χ0n) is 18.9. The number of nitrogens with zero attached hydrogens (tertiary/aromatic N) is 4. The topological polar surface area (TPSA) is 69.4 Å². The predicted octanol–water partition coefficient (Wildman–Crippen LogP) is 3.81. The molecular formula is C26H28N4O3. The van der Waals surface area contributed by atoms with E-state index in [1.807, 2.05) is 58.0 Å². The van der Waals surface area contributed by atoms with E-state index in [-0.39, 0.29) is 18.0 Å². The number of amides is 1. The fraction of sp³-hybridized carbons (Fsp3) is 0.346. The first kappa shape index (κ1) is 21.2. The maximum absolute atomic E-state index is 13.6. The lowest BCUT2D eigenvalue weighted by Gasteiger charge is -2.21. The third-order valence-electron chi connectivity index (χ3n) is 6.47. The lowest BCUT2D eigenvalue weighted by Crippen LogP contribution is -2.35. The third-order valence-corrected chi connectivity index (χ3v) is 6.47. The number of para-hydroxylation sites is 1. The Kier molecular flexibility index (Phi) is 5.86. The van der Waals surface area contributed by atoms with Crippen molar-refractivity contribution in [3.63, 3.8) is 0 Å². The van der Waals surface area contributed by atoms with E-state index in [9.17, 15) is 9.59 Å². The van der Waals surface area contributed by atoms with Gasteiger partial charge in [-0.05, 0) is 36.6 Å². The number of aromatic nitrogens is 3. The number of hydrogen-bond acceptors (Lipinski definition) is 4. The van der Waals surface area contributed by atoms with Crippen LogP contribution >= 0.6 is 0 Å². The highest BCUT2D eigenvalue weighted by atomic mass is 16.5. The zero-order valence-corrected chi connectivity index (χ0v) is 18.9. The molecule has 0 saturated carbocycles. The highest BCUT2D eigenvalue weighted by molar-refractivity contribution is 6.06. The molecule has 1 aliphatic heterocycles. The maximum atomic E-state index is 13.6. The largest absolute Gasteiger partial charge is 0.497 e. The second kappa shape index (κ2) is 9.10. The standard InChI is InChI=1S/C26H28N4O3/c1-33-20-10-8-9-19(15-20)16-29-18-27-24-21-11-4-5-12-22(21)30(25(24)26(29)32)17-23(31)28-13-6-2-3-7-14-28/h4-5,8-12,15,18H,2-3,6-7,13-14,16-17H2,1H3. The van der Waals surface area contributed by atoms with Crippen LogP contribution < -0.4 is 10.3 Å². The van der Waals surface area contributed by atoms with Crippen LogP contribution in [0.25, 0.3) is 21.9 Å². The molecule has 4 aromatic rings. The molecule has 0 bridgehead atoms. The molecule has 7 heteroatoms. The van der Waals surface area contributed by atoms with Crippen LogP contribution in [-0.2, 0) is 17.9 Å². The van der Waals surface area contributed by atoms with Crippen molar-refractivity contribution in [2.75, 3.05) is 20.2 Å². The monoisotopic (exact) mass is 444 g/mol. The van der Waals surface area contributed by atoms with Crippen LogP contribution in [0, 0.1) is 0 Å². The Labute approximate surface area is 192 Å². The number of carbonyl (C=O) groups is 1. The molecule has 0 aliphatic carbocycles.